The van der Waals surface area contributed by atoms with Crippen LogP contribution in [0.2, 0.25) is 0 Å². The zero-order valence-corrected chi connectivity index (χ0v) is 19.9. The van der Waals surface area contributed by atoms with Gasteiger partial charge in [-0.2, -0.15) is 0 Å². The molecule has 0 spiro atoms. The number of aromatic hydroxyl groups is 1. The zero-order chi connectivity index (χ0) is 23.5. The van der Waals surface area contributed by atoms with Crippen LogP contribution in [0.5, 0.6) is 23.0 Å². The van der Waals surface area contributed by atoms with Gasteiger partial charge in [-0.3, -0.25) is 4.90 Å². The molecule has 176 valence electrons. The number of piperazine rings is 1. The maximum atomic E-state index is 13.5. The molecule has 0 atom stereocenters. The highest BCUT2D eigenvalue weighted by atomic mass is 32.1. The average molecular weight is 479 g/mol. The first-order valence-electron chi connectivity index (χ1n) is 11.4. The number of phenols is 1. The molecular formula is C27H27FN2O3S. The van der Waals surface area contributed by atoms with Gasteiger partial charge in [0.15, 0.2) is 5.75 Å². The van der Waals surface area contributed by atoms with Crippen molar-refractivity contribution >= 4 is 21.4 Å². The van der Waals surface area contributed by atoms with Crippen LogP contribution in [0, 0.1) is 5.82 Å². The van der Waals surface area contributed by atoms with Gasteiger partial charge in [0, 0.05) is 42.8 Å². The summed E-state index contributed by atoms with van der Waals surface area (Å²) in [6, 6.07) is 19.2. The second kappa shape index (κ2) is 10.0. The van der Waals surface area contributed by atoms with Gasteiger partial charge in [-0.1, -0.05) is 12.1 Å². The molecule has 3 aromatic carbocycles. The number of fused-ring (bicyclic) bond motifs is 1. The third kappa shape index (κ3) is 5.17. The first-order chi connectivity index (χ1) is 16.5. The molecule has 4 aromatic rings. The normalized spacial score (nSPS) is 15.0. The number of benzene rings is 3. The predicted molar refractivity (Wildman–Crippen MR) is 135 cm³/mol. The molecule has 5 nitrogen and oxygen atoms in total. The minimum Gasteiger partial charge on any atom is -0.508 e. The molecule has 2 heterocycles. The average Bonchev–Trinajstić information content (AvgIpc) is 3.19. The molecule has 0 aliphatic carbocycles. The Morgan fingerprint density at radius 3 is 2.35 bits per heavy atom. The first kappa shape index (κ1) is 22.7. The van der Waals surface area contributed by atoms with Crippen LogP contribution in [0.1, 0.15) is 0 Å². The van der Waals surface area contributed by atoms with Crippen molar-refractivity contribution < 1.29 is 19.0 Å². The fourth-order valence-corrected chi connectivity index (χ4v) is 5.21. The summed E-state index contributed by atoms with van der Waals surface area (Å²) in [6.45, 7) is 5.93. The van der Waals surface area contributed by atoms with E-state index in [4.69, 9.17) is 9.47 Å². The summed E-state index contributed by atoms with van der Waals surface area (Å²) in [7, 11) is 2.16. The number of likely N-dealkylation sites (N-methyl/N-ethyl adjacent to an activating group) is 1. The summed E-state index contributed by atoms with van der Waals surface area (Å²) in [5, 5.41) is 10.8. The van der Waals surface area contributed by atoms with Crippen LogP contribution in [-0.2, 0) is 0 Å². The number of phenolic OH excluding ortho intramolecular Hbond substituents is 1. The molecule has 7 heteroatoms. The van der Waals surface area contributed by atoms with Gasteiger partial charge in [0.1, 0.15) is 29.7 Å². The molecule has 0 unspecified atom stereocenters. The number of thiophene rings is 1. The molecule has 5 rings (SSSR count). The second-order valence-electron chi connectivity index (χ2n) is 8.51. The van der Waals surface area contributed by atoms with E-state index in [9.17, 15) is 9.50 Å². The number of rotatable bonds is 7. The van der Waals surface area contributed by atoms with Crippen molar-refractivity contribution in [2.45, 2.75) is 0 Å². The lowest BCUT2D eigenvalue weighted by atomic mass is 10.1. The molecule has 0 amide bonds. The molecular weight excluding hydrogens is 451 g/mol. The van der Waals surface area contributed by atoms with Gasteiger partial charge in [-0.15, -0.1) is 11.3 Å². The number of hydrogen-bond acceptors (Lipinski definition) is 6. The Morgan fingerprint density at radius 1 is 0.912 bits per heavy atom. The highest BCUT2D eigenvalue weighted by Gasteiger charge is 2.17. The van der Waals surface area contributed by atoms with E-state index in [-0.39, 0.29) is 11.6 Å². The largest absolute Gasteiger partial charge is 0.508 e. The maximum Gasteiger partial charge on any atom is 0.153 e. The third-order valence-electron chi connectivity index (χ3n) is 6.05. The molecule has 1 fully saturated rings. The summed E-state index contributed by atoms with van der Waals surface area (Å²) < 4.78 is 26.6. The second-order valence-corrected chi connectivity index (χ2v) is 9.57. The molecule has 1 aliphatic heterocycles. The lowest BCUT2D eigenvalue weighted by Crippen LogP contribution is -2.45. The van der Waals surface area contributed by atoms with E-state index >= 15 is 0 Å². The van der Waals surface area contributed by atoms with Crippen LogP contribution >= 0.6 is 11.3 Å². The quantitative estimate of drug-likeness (QED) is 0.362. The van der Waals surface area contributed by atoms with E-state index in [1.165, 1.54) is 23.5 Å². The van der Waals surface area contributed by atoms with E-state index in [0.29, 0.717) is 18.1 Å². The van der Waals surface area contributed by atoms with Gasteiger partial charge in [0.2, 0.25) is 0 Å². The number of hydrogen-bond donors (Lipinski definition) is 1. The van der Waals surface area contributed by atoms with Gasteiger partial charge in [-0.05, 0) is 67.2 Å². The number of halogens is 1. The van der Waals surface area contributed by atoms with Crippen LogP contribution in [0.4, 0.5) is 4.39 Å². The monoisotopic (exact) mass is 478 g/mol. The first-order valence-corrected chi connectivity index (χ1v) is 12.2. The predicted octanol–water partition coefficient (Wildman–Crippen LogP) is 5.83. The Balaban J connectivity index is 1.30. The van der Waals surface area contributed by atoms with Gasteiger partial charge < -0.3 is 19.5 Å². The highest BCUT2D eigenvalue weighted by molar-refractivity contribution is 7.22. The maximum absolute atomic E-state index is 13.5. The number of ether oxygens (including phenoxy) is 2. The van der Waals surface area contributed by atoms with Gasteiger partial charge in [0.05, 0.1) is 4.88 Å². The van der Waals surface area contributed by atoms with Crippen LogP contribution in [-0.4, -0.2) is 61.3 Å². The van der Waals surface area contributed by atoms with E-state index in [1.54, 1.807) is 24.3 Å². The van der Waals surface area contributed by atoms with Crippen molar-refractivity contribution in [3.05, 3.63) is 72.5 Å². The van der Waals surface area contributed by atoms with Crippen molar-refractivity contribution in [2.75, 3.05) is 46.4 Å². The van der Waals surface area contributed by atoms with E-state index in [0.717, 1.165) is 59.0 Å². The van der Waals surface area contributed by atoms with Crippen LogP contribution in [0.3, 0.4) is 0 Å². The standard InChI is InChI=1S/C27H27FN2O3S/c1-29-12-14-30(15-13-29)16-17-32-22-7-9-23(10-8-22)33-26-24-11-6-21(31)18-25(24)34-27(26)19-2-4-20(28)5-3-19/h2-11,18,31H,12-17H2,1H3. The zero-order valence-electron chi connectivity index (χ0n) is 19.0. The molecule has 34 heavy (non-hydrogen) atoms. The third-order valence-corrected chi connectivity index (χ3v) is 7.23. The smallest absolute Gasteiger partial charge is 0.153 e. The summed E-state index contributed by atoms with van der Waals surface area (Å²) in [5.41, 5.74) is 0.862. The van der Waals surface area contributed by atoms with Gasteiger partial charge in [0.25, 0.3) is 0 Å². The Bertz CT molecular complexity index is 1250. The number of nitrogens with zero attached hydrogens (tertiary/aromatic N) is 2. The van der Waals surface area contributed by atoms with Gasteiger partial charge >= 0.3 is 0 Å². The van der Waals surface area contributed by atoms with E-state index in [1.807, 2.05) is 30.3 Å². The van der Waals surface area contributed by atoms with Crippen molar-refractivity contribution in [2.24, 2.45) is 0 Å². The Hall–Kier alpha value is -3.13. The lowest BCUT2D eigenvalue weighted by Gasteiger charge is -2.32. The lowest BCUT2D eigenvalue weighted by molar-refractivity contribution is 0.133. The Labute approximate surface area is 202 Å². The topological polar surface area (TPSA) is 45.2 Å². The van der Waals surface area contributed by atoms with Crippen LogP contribution in [0.15, 0.2) is 66.7 Å². The fraction of sp³-hybridized carbons (Fsp3) is 0.259. The Kier molecular flexibility index (Phi) is 6.67. The minimum absolute atomic E-state index is 0.198. The van der Waals surface area contributed by atoms with Crippen molar-refractivity contribution in [3.8, 4) is 33.4 Å². The van der Waals surface area contributed by atoms with Crippen molar-refractivity contribution in [1.82, 2.24) is 9.80 Å². The molecule has 0 radical (unpaired) electrons. The SMILES string of the molecule is CN1CCN(CCOc2ccc(Oc3c(-c4ccc(F)cc4)sc4cc(O)ccc34)cc2)CC1. The van der Waals surface area contributed by atoms with E-state index < -0.39 is 0 Å². The summed E-state index contributed by atoms with van der Waals surface area (Å²) in [6.07, 6.45) is 0. The summed E-state index contributed by atoms with van der Waals surface area (Å²) in [4.78, 5) is 5.65. The minimum atomic E-state index is -0.284. The highest BCUT2D eigenvalue weighted by Crippen LogP contribution is 2.47. The molecule has 0 bridgehead atoms. The fourth-order valence-electron chi connectivity index (χ4n) is 4.04. The van der Waals surface area contributed by atoms with Crippen LogP contribution in [0.25, 0.3) is 20.5 Å². The van der Waals surface area contributed by atoms with Crippen molar-refractivity contribution in [3.63, 3.8) is 0 Å². The molecule has 1 N–H and O–H groups in total. The van der Waals surface area contributed by atoms with Gasteiger partial charge in [-0.25, -0.2) is 4.39 Å². The molecule has 1 saturated heterocycles. The summed E-state index contributed by atoms with van der Waals surface area (Å²) in [5.74, 6) is 2.09. The summed E-state index contributed by atoms with van der Waals surface area (Å²) >= 11 is 1.50. The Morgan fingerprint density at radius 2 is 1.62 bits per heavy atom. The molecule has 0 saturated carbocycles. The van der Waals surface area contributed by atoms with E-state index in [2.05, 4.69) is 16.8 Å². The van der Waals surface area contributed by atoms with Crippen LogP contribution < -0.4 is 9.47 Å². The molecule has 1 aliphatic rings. The molecule has 1 aromatic heterocycles. The van der Waals surface area contributed by atoms with Crippen molar-refractivity contribution in [1.29, 1.82) is 0 Å².